The molecule has 0 bridgehead atoms. The van der Waals surface area contributed by atoms with Crippen molar-refractivity contribution >= 4 is 28.5 Å². The van der Waals surface area contributed by atoms with Gasteiger partial charge in [-0.2, -0.15) is 0 Å². The van der Waals surface area contributed by atoms with Gasteiger partial charge in [-0.25, -0.2) is 0 Å². The van der Waals surface area contributed by atoms with Crippen LogP contribution in [0.3, 0.4) is 0 Å². The van der Waals surface area contributed by atoms with Crippen molar-refractivity contribution in [3.05, 3.63) is 89.5 Å². The first-order chi connectivity index (χ1) is 15.0. The number of hydrogen-bond acceptors (Lipinski definition) is 5. The van der Waals surface area contributed by atoms with Crippen LogP contribution in [-0.4, -0.2) is 43.8 Å². The summed E-state index contributed by atoms with van der Waals surface area (Å²) in [6.07, 6.45) is 0. The number of rotatable bonds is 2. The molecule has 0 atom stereocenters. The Labute approximate surface area is 203 Å². The third kappa shape index (κ3) is 9.20. The summed E-state index contributed by atoms with van der Waals surface area (Å²) < 4.78 is 8.28. The quantitative estimate of drug-likeness (QED) is 0.454. The van der Waals surface area contributed by atoms with E-state index in [0.717, 1.165) is 11.1 Å². The van der Waals surface area contributed by atoms with Crippen LogP contribution in [-0.2, 0) is 18.8 Å². The molecule has 3 aromatic carbocycles. The summed E-state index contributed by atoms with van der Waals surface area (Å²) in [6, 6.07) is 21.8. The number of carbonyl (C=O) groups is 1. The van der Waals surface area contributed by atoms with Crippen molar-refractivity contribution in [2.45, 2.75) is 45.4 Å². The Bertz CT molecular complexity index is 863. The van der Waals surface area contributed by atoms with E-state index in [1.165, 1.54) is 5.56 Å². The van der Waals surface area contributed by atoms with E-state index >= 15 is 0 Å². The fourth-order valence-corrected chi connectivity index (χ4v) is 2.88. The van der Waals surface area contributed by atoms with Crippen LogP contribution >= 0.6 is 0 Å². The molecular weight excluding hydrogens is 417 g/mol. The Morgan fingerprint density at radius 2 is 0.750 bits per heavy atom. The van der Waals surface area contributed by atoms with Crippen molar-refractivity contribution < 1.29 is 23.3 Å². The van der Waals surface area contributed by atoms with E-state index in [0.29, 0.717) is 27.4 Å². The molecule has 0 saturated heterocycles. The van der Waals surface area contributed by atoms with Gasteiger partial charge in [0.05, 0.1) is 0 Å². The summed E-state index contributed by atoms with van der Waals surface area (Å²) in [5.74, 6) is 0.878. The third-order valence-corrected chi connectivity index (χ3v) is 4.91. The summed E-state index contributed by atoms with van der Waals surface area (Å²) in [5.41, 5.74) is 3.52. The average molecular weight is 449 g/mol. The van der Waals surface area contributed by atoms with Crippen molar-refractivity contribution in [2.75, 3.05) is 0 Å². The number of hydrogen-bond donors (Lipinski definition) is 3. The van der Waals surface area contributed by atoms with E-state index in [1.54, 1.807) is 36.4 Å². The van der Waals surface area contributed by atoms with Crippen molar-refractivity contribution in [2.24, 2.45) is 0 Å². The van der Waals surface area contributed by atoms with Gasteiger partial charge in [0.2, 0.25) is 0 Å². The molecule has 0 saturated carbocycles. The molecule has 0 aliphatic rings. The maximum absolute atomic E-state index is 9.30. The minimum atomic E-state index is -0.151. The summed E-state index contributed by atoms with van der Waals surface area (Å²) in [7, 11) is 0. The summed E-state index contributed by atoms with van der Waals surface area (Å²) >= 11 is 0.611. The Morgan fingerprint density at radius 1 is 0.531 bits per heavy atom. The average Bonchev–Trinajstić information content (AvgIpc) is 2.77. The molecule has 0 amide bonds. The molecule has 0 spiro atoms. The van der Waals surface area contributed by atoms with Gasteiger partial charge < -0.3 is 20.1 Å². The topological polar surface area (TPSA) is 94.8 Å². The van der Waals surface area contributed by atoms with Crippen LogP contribution in [0.15, 0.2) is 72.8 Å². The van der Waals surface area contributed by atoms with Crippen molar-refractivity contribution in [1.29, 1.82) is 0 Å². The second-order valence-electron chi connectivity index (χ2n) is 8.52. The number of phenolic OH excluding ortho intramolecular Hbond substituents is 3. The first-order valence-corrected chi connectivity index (χ1v) is 10.5. The first-order valence-electron chi connectivity index (χ1n) is 9.96. The van der Waals surface area contributed by atoms with Gasteiger partial charge in [0.1, 0.15) is 24.0 Å². The minimum absolute atomic E-state index is 0.151. The van der Waals surface area contributed by atoms with Crippen LogP contribution in [0.2, 0.25) is 0 Å². The number of benzene rings is 3. The first kappa shape index (κ1) is 29.3. The van der Waals surface area contributed by atoms with Crippen molar-refractivity contribution in [3.8, 4) is 17.2 Å². The van der Waals surface area contributed by atoms with Gasteiger partial charge in [-0.05, 0) is 58.5 Å². The normalized spacial score (nSPS) is 10.3. The summed E-state index contributed by atoms with van der Waals surface area (Å²) in [4.78, 5) is 8.00. The second-order valence-corrected chi connectivity index (χ2v) is 8.52. The molecule has 0 aliphatic carbocycles. The SMILES string of the molecule is C=O.CC(C)(C)c1ccc(O)cc1.CC(C)(c1ccc(O)cc1)c1ccc(O)cc1.[O]=[Mg]. The molecule has 3 rings (SSSR count). The molecule has 0 aliphatic heterocycles. The Balaban J connectivity index is 0.000000555. The second kappa shape index (κ2) is 13.7. The van der Waals surface area contributed by atoms with Crippen LogP contribution in [0.4, 0.5) is 0 Å². The van der Waals surface area contributed by atoms with E-state index in [9.17, 15) is 10.2 Å². The van der Waals surface area contributed by atoms with Crippen molar-refractivity contribution in [3.63, 3.8) is 0 Å². The molecular formula is C26H32MgO5. The van der Waals surface area contributed by atoms with Gasteiger partial charge in [0.25, 0.3) is 0 Å². The Kier molecular flexibility index (Phi) is 12.5. The van der Waals surface area contributed by atoms with E-state index in [-0.39, 0.29) is 22.3 Å². The monoisotopic (exact) mass is 448 g/mol. The molecule has 3 N–H and O–H groups in total. The zero-order valence-corrected chi connectivity index (χ0v) is 20.9. The number of carbonyl (C=O) groups excluding carboxylic acids is 1. The molecule has 0 heterocycles. The number of aromatic hydroxyl groups is 3. The van der Waals surface area contributed by atoms with Gasteiger partial charge in [-0.15, -0.1) is 0 Å². The van der Waals surface area contributed by atoms with Crippen LogP contribution in [0.25, 0.3) is 0 Å². The zero-order chi connectivity index (χ0) is 24.9. The zero-order valence-electron chi connectivity index (χ0n) is 19.5. The van der Waals surface area contributed by atoms with Crippen LogP contribution in [0.1, 0.15) is 51.3 Å². The van der Waals surface area contributed by atoms with E-state index < -0.39 is 0 Å². The molecule has 168 valence electrons. The Morgan fingerprint density at radius 3 is 0.969 bits per heavy atom. The predicted octanol–water partition coefficient (Wildman–Crippen LogP) is 5.43. The predicted molar refractivity (Wildman–Crippen MR) is 129 cm³/mol. The standard InChI is InChI=1S/C15H16O2.C10H14O.CH2O.Mg.O/c1-15(2,11-3-7-13(16)8-4-11)12-5-9-14(17)10-6-12;1-10(2,3)8-4-6-9(11)7-5-8;1-2;;/h3-10,16-17H,1-2H3;4-7,11H,1-3H3;1H2;;. The molecule has 0 aromatic heterocycles. The Hall–Kier alpha value is -2.70. The fourth-order valence-electron chi connectivity index (χ4n) is 2.88. The van der Waals surface area contributed by atoms with Crippen LogP contribution < -0.4 is 0 Å². The van der Waals surface area contributed by atoms with Crippen molar-refractivity contribution in [1.82, 2.24) is 0 Å². The van der Waals surface area contributed by atoms with Gasteiger partial charge >= 0.3 is 24.9 Å². The summed E-state index contributed by atoms with van der Waals surface area (Å²) in [6.45, 7) is 12.7. The molecule has 0 fully saturated rings. The van der Waals surface area contributed by atoms with E-state index in [4.69, 9.17) is 13.1 Å². The van der Waals surface area contributed by atoms with Gasteiger partial charge in [-0.3, -0.25) is 0 Å². The molecule has 3 aromatic rings. The van der Waals surface area contributed by atoms with Crippen LogP contribution in [0.5, 0.6) is 17.2 Å². The fraction of sp³-hybridized carbons (Fsp3) is 0.269. The molecule has 5 nitrogen and oxygen atoms in total. The third-order valence-electron chi connectivity index (χ3n) is 4.91. The molecule has 6 heteroatoms. The van der Waals surface area contributed by atoms with Crippen LogP contribution in [0, 0.1) is 0 Å². The molecule has 0 unspecified atom stereocenters. The van der Waals surface area contributed by atoms with E-state index in [2.05, 4.69) is 34.6 Å². The maximum atomic E-state index is 9.30. The summed E-state index contributed by atoms with van der Waals surface area (Å²) in [5, 5.41) is 27.6. The van der Waals surface area contributed by atoms with Gasteiger partial charge in [-0.1, -0.05) is 71.0 Å². The van der Waals surface area contributed by atoms with Gasteiger partial charge in [0.15, 0.2) is 0 Å². The number of phenols is 3. The van der Waals surface area contributed by atoms with E-state index in [1.807, 2.05) is 43.2 Å². The van der Waals surface area contributed by atoms with Gasteiger partial charge in [0, 0.05) is 5.41 Å². The molecule has 32 heavy (non-hydrogen) atoms. The molecule has 0 radical (unpaired) electrons.